The molecule has 1 amide bonds. The molecule has 0 aliphatic rings. The number of phenols is 1. The van der Waals surface area contributed by atoms with E-state index in [0.717, 1.165) is 0 Å². The number of anilines is 1. The van der Waals surface area contributed by atoms with Gasteiger partial charge in [-0.05, 0) is 40.2 Å². The second-order valence-electron chi connectivity index (χ2n) is 4.05. The number of nitrogen functional groups attached to an aromatic ring is 1. The van der Waals surface area contributed by atoms with Crippen molar-refractivity contribution in [3.05, 3.63) is 58.1 Å². The second-order valence-corrected chi connectivity index (χ2v) is 4.90. The van der Waals surface area contributed by atoms with Crippen LogP contribution in [0.15, 0.2) is 46.9 Å². The Labute approximate surface area is 119 Å². The van der Waals surface area contributed by atoms with Gasteiger partial charge in [0.1, 0.15) is 5.75 Å². The average molecular weight is 321 g/mol. The molecular formula is C14H13BrN2O2. The molecule has 2 rings (SSSR count). The lowest BCUT2D eigenvalue weighted by Gasteiger charge is -2.08. The van der Waals surface area contributed by atoms with Gasteiger partial charge in [-0.15, -0.1) is 0 Å². The number of amides is 1. The first-order chi connectivity index (χ1) is 9.08. The number of carbonyl (C=O) groups excluding carboxylic acids is 1. The molecule has 4 N–H and O–H groups in total. The Morgan fingerprint density at radius 2 is 2.00 bits per heavy atom. The van der Waals surface area contributed by atoms with E-state index in [-0.39, 0.29) is 18.2 Å². The maximum Gasteiger partial charge on any atom is 0.251 e. The lowest BCUT2D eigenvalue weighted by atomic mass is 10.1. The van der Waals surface area contributed by atoms with Gasteiger partial charge in [0, 0.05) is 27.8 Å². The van der Waals surface area contributed by atoms with Crippen LogP contribution in [-0.4, -0.2) is 11.0 Å². The van der Waals surface area contributed by atoms with Gasteiger partial charge < -0.3 is 16.2 Å². The van der Waals surface area contributed by atoms with Gasteiger partial charge in [-0.25, -0.2) is 0 Å². The van der Waals surface area contributed by atoms with Crippen molar-refractivity contribution in [2.24, 2.45) is 0 Å². The number of nitrogens with two attached hydrogens (primary N) is 1. The van der Waals surface area contributed by atoms with Crippen LogP contribution < -0.4 is 11.1 Å². The molecule has 0 fully saturated rings. The summed E-state index contributed by atoms with van der Waals surface area (Å²) in [4.78, 5) is 11.9. The molecule has 0 unspecified atom stereocenters. The summed E-state index contributed by atoms with van der Waals surface area (Å²) in [5.41, 5.74) is 7.43. The van der Waals surface area contributed by atoms with Crippen molar-refractivity contribution < 1.29 is 9.90 Å². The van der Waals surface area contributed by atoms with Crippen LogP contribution >= 0.6 is 15.9 Å². The number of phenolic OH excluding ortho intramolecular Hbond substituents is 1. The van der Waals surface area contributed by atoms with Gasteiger partial charge in [0.05, 0.1) is 0 Å². The summed E-state index contributed by atoms with van der Waals surface area (Å²) in [5.74, 6) is -0.0507. The fourth-order valence-corrected chi connectivity index (χ4v) is 1.99. The maximum absolute atomic E-state index is 11.9. The maximum atomic E-state index is 11.9. The van der Waals surface area contributed by atoms with Gasteiger partial charge in [0.25, 0.3) is 5.91 Å². The van der Waals surface area contributed by atoms with Crippen LogP contribution in [0, 0.1) is 0 Å². The summed E-state index contributed by atoms with van der Waals surface area (Å²) in [6.45, 7) is 0.271. The van der Waals surface area contributed by atoms with E-state index >= 15 is 0 Å². The molecular weight excluding hydrogens is 308 g/mol. The first-order valence-corrected chi connectivity index (χ1v) is 6.47. The number of nitrogens with one attached hydrogen (secondary N) is 1. The number of halogens is 1. The Morgan fingerprint density at radius 3 is 2.68 bits per heavy atom. The van der Waals surface area contributed by atoms with E-state index in [9.17, 15) is 9.90 Å². The Balaban J connectivity index is 2.05. The second kappa shape index (κ2) is 5.75. The number of aromatic hydroxyl groups is 1. The highest BCUT2D eigenvalue weighted by atomic mass is 79.9. The van der Waals surface area contributed by atoms with Gasteiger partial charge in [0.15, 0.2) is 0 Å². The van der Waals surface area contributed by atoms with Crippen LogP contribution in [0.5, 0.6) is 5.75 Å². The highest BCUT2D eigenvalue weighted by Crippen LogP contribution is 2.20. The molecule has 0 bridgehead atoms. The lowest BCUT2D eigenvalue weighted by Crippen LogP contribution is -2.22. The van der Waals surface area contributed by atoms with Gasteiger partial charge >= 0.3 is 0 Å². The summed E-state index contributed by atoms with van der Waals surface area (Å²) in [6, 6.07) is 11.9. The number of hydrogen-bond acceptors (Lipinski definition) is 3. The van der Waals surface area contributed by atoms with Crippen molar-refractivity contribution in [2.45, 2.75) is 6.54 Å². The Morgan fingerprint density at radius 1 is 1.26 bits per heavy atom. The minimum atomic E-state index is -0.219. The standard InChI is InChI=1S/C14H13BrN2O2/c15-11-7-9(5-6-12(11)16)14(19)17-8-10-3-1-2-4-13(10)18/h1-7,18H,8,16H2,(H,17,19). The smallest absolute Gasteiger partial charge is 0.251 e. The normalized spacial score (nSPS) is 10.2. The molecule has 4 nitrogen and oxygen atoms in total. The summed E-state index contributed by atoms with van der Waals surface area (Å²) in [7, 11) is 0. The predicted molar refractivity (Wildman–Crippen MR) is 77.8 cm³/mol. The van der Waals surface area contributed by atoms with E-state index < -0.39 is 0 Å². The fourth-order valence-electron chi connectivity index (χ4n) is 1.61. The van der Waals surface area contributed by atoms with E-state index in [1.165, 1.54) is 0 Å². The highest BCUT2D eigenvalue weighted by Gasteiger charge is 2.08. The van der Waals surface area contributed by atoms with Gasteiger partial charge in [-0.1, -0.05) is 18.2 Å². The third-order valence-electron chi connectivity index (χ3n) is 2.69. The summed E-state index contributed by atoms with van der Waals surface area (Å²) in [6.07, 6.45) is 0. The molecule has 0 spiro atoms. The highest BCUT2D eigenvalue weighted by molar-refractivity contribution is 9.10. The van der Waals surface area contributed by atoms with Crippen molar-refractivity contribution >= 4 is 27.5 Å². The van der Waals surface area contributed by atoms with Gasteiger partial charge in [-0.3, -0.25) is 4.79 Å². The molecule has 0 aliphatic carbocycles. The third-order valence-corrected chi connectivity index (χ3v) is 3.38. The van der Waals surface area contributed by atoms with E-state index in [4.69, 9.17) is 5.73 Å². The number of hydrogen-bond donors (Lipinski definition) is 3. The quantitative estimate of drug-likeness (QED) is 0.761. The van der Waals surface area contributed by atoms with Crippen molar-refractivity contribution in [1.82, 2.24) is 5.32 Å². The molecule has 19 heavy (non-hydrogen) atoms. The van der Waals surface area contributed by atoms with Crippen LogP contribution in [-0.2, 0) is 6.54 Å². The Bertz CT molecular complexity index is 614. The zero-order valence-electron chi connectivity index (χ0n) is 10.1. The molecule has 0 saturated heterocycles. The van der Waals surface area contributed by atoms with Crippen LogP contribution in [0.25, 0.3) is 0 Å². The largest absolute Gasteiger partial charge is 0.508 e. The monoisotopic (exact) mass is 320 g/mol. The Kier molecular flexibility index (Phi) is 4.06. The molecule has 98 valence electrons. The molecule has 0 atom stereocenters. The van der Waals surface area contributed by atoms with Crippen LogP contribution in [0.1, 0.15) is 15.9 Å². The van der Waals surface area contributed by atoms with Gasteiger partial charge in [-0.2, -0.15) is 0 Å². The minimum Gasteiger partial charge on any atom is -0.508 e. The minimum absolute atomic E-state index is 0.168. The molecule has 0 heterocycles. The van der Waals surface area contributed by atoms with E-state index in [0.29, 0.717) is 21.3 Å². The molecule has 2 aromatic carbocycles. The number of para-hydroxylation sites is 1. The zero-order chi connectivity index (χ0) is 13.8. The van der Waals surface area contributed by atoms with E-state index in [1.54, 1.807) is 42.5 Å². The lowest BCUT2D eigenvalue weighted by molar-refractivity contribution is 0.0950. The average Bonchev–Trinajstić information content (AvgIpc) is 2.40. The predicted octanol–water partition coefficient (Wildman–Crippen LogP) is 2.67. The van der Waals surface area contributed by atoms with Crippen LogP contribution in [0.3, 0.4) is 0 Å². The SMILES string of the molecule is Nc1ccc(C(=O)NCc2ccccc2O)cc1Br. The summed E-state index contributed by atoms with van der Waals surface area (Å²) < 4.78 is 0.683. The first kappa shape index (κ1) is 13.4. The van der Waals surface area contributed by atoms with Crippen molar-refractivity contribution in [1.29, 1.82) is 0 Å². The molecule has 5 heteroatoms. The van der Waals surface area contributed by atoms with Gasteiger partial charge in [0.2, 0.25) is 0 Å². The topological polar surface area (TPSA) is 75.4 Å². The van der Waals surface area contributed by atoms with Crippen molar-refractivity contribution in [3.8, 4) is 5.75 Å². The molecule has 0 aliphatic heterocycles. The summed E-state index contributed by atoms with van der Waals surface area (Å²) in [5, 5.41) is 12.3. The zero-order valence-corrected chi connectivity index (χ0v) is 11.6. The van der Waals surface area contributed by atoms with Crippen LogP contribution in [0.4, 0.5) is 5.69 Å². The number of rotatable bonds is 3. The number of carbonyl (C=O) groups is 1. The van der Waals surface area contributed by atoms with Crippen molar-refractivity contribution in [3.63, 3.8) is 0 Å². The van der Waals surface area contributed by atoms with Crippen LogP contribution in [0.2, 0.25) is 0 Å². The molecule has 0 radical (unpaired) electrons. The molecule has 2 aromatic rings. The first-order valence-electron chi connectivity index (χ1n) is 5.68. The van der Waals surface area contributed by atoms with Crippen molar-refractivity contribution in [2.75, 3.05) is 5.73 Å². The molecule has 0 aromatic heterocycles. The summed E-state index contributed by atoms with van der Waals surface area (Å²) >= 11 is 3.28. The Hall–Kier alpha value is -2.01. The fraction of sp³-hybridized carbons (Fsp3) is 0.0714. The van der Waals surface area contributed by atoms with E-state index in [2.05, 4.69) is 21.2 Å². The number of benzene rings is 2. The molecule has 0 saturated carbocycles. The van der Waals surface area contributed by atoms with E-state index in [1.807, 2.05) is 0 Å². The third kappa shape index (κ3) is 3.26.